The molecule has 2 N–H and O–H groups in total. The fourth-order valence-corrected chi connectivity index (χ4v) is 3.62. The van der Waals surface area contributed by atoms with E-state index in [1.54, 1.807) is 6.07 Å². The Hall–Kier alpha value is -2.18. The summed E-state index contributed by atoms with van der Waals surface area (Å²) in [7, 11) is 0. The first-order valence-electron chi connectivity index (χ1n) is 7.90. The Morgan fingerprint density at radius 1 is 1.21 bits per heavy atom. The van der Waals surface area contributed by atoms with Crippen LogP contribution in [0.3, 0.4) is 0 Å². The van der Waals surface area contributed by atoms with E-state index in [2.05, 4.69) is 5.32 Å². The lowest BCUT2D eigenvalue weighted by Gasteiger charge is -2.21. The van der Waals surface area contributed by atoms with Gasteiger partial charge in [0.25, 0.3) is 5.91 Å². The number of carbonyl (C=O) groups excluding carboxylic acids is 1. The van der Waals surface area contributed by atoms with Gasteiger partial charge in [0.05, 0.1) is 10.9 Å². The minimum Gasteiger partial charge on any atom is -0.477 e. The molecule has 2 aromatic rings. The van der Waals surface area contributed by atoms with E-state index in [0.29, 0.717) is 10.8 Å². The van der Waals surface area contributed by atoms with Crippen LogP contribution in [0.15, 0.2) is 42.5 Å². The molecule has 0 saturated carbocycles. The van der Waals surface area contributed by atoms with E-state index in [1.807, 2.05) is 30.3 Å². The topological polar surface area (TPSA) is 75.6 Å². The predicted molar refractivity (Wildman–Crippen MR) is 91.5 cm³/mol. The van der Waals surface area contributed by atoms with Crippen molar-refractivity contribution in [2.75, 3.05) is 13.2 Å². The molecule has 1 saturated heterocycles. The van der Waals surface area contributed by atoms with Gasteiger partial charge in [0.1, 0.15) is 4.88 Å². The molecule has 0 spiro atoms. The predicted octanol–water partition coefficient (Wildman–Crippen LogP) is 3.34. The first-order valence-corrected chi connectivity index (χ1v) is 8.72. The Kier molecular flexibility index (Phi) is 5.27. The maximum Gasteiger partial charge on any atom is 0.345 e. The number of thiophene rings is 1. The summed E-state index contributed by atoms with van der Waals surface area (Å²) < 4.78 is 5.44. The lowest BCUT2D eigenvalue weighted by atomic mass is 9.94. The van der Waals surface area contributed by atoms with Crippen molar-refractivity contribution in [3.05, 3.63) is 57.8 Å². The number of amides is 1. The van der Waals surface area contributed by atoms with Crippen molar-refractivity contribution in [3.63, 3.8) is 0 Å². The molecule has 0 unspecified atom stereocenters. The molecule has 0 bridgehead atoms. The Bertz CT molecular complexity index is 707. The molecular formula is C18H19NO4S. The van der Waals surface area contributed by atoms with Gasteiger partial charge in [0, 0.05) is 13.2 Å². The molecule has 0 radical (unpaired) electrons. The summed E-state index contributed by atoms with van der Waals surface area (Å²) in [4.78, 5) is 24.1. The smallest absolute Gasteiger partial charge is 0.345 e. The molecule has 1 aliphatic rings. The second-order valence-corrected chi connectivity index (χ2v) is 6.95. The number of aromatic carboxylic acids is 1. The summed E-state index contributed by atoms with van der Waals surface area (Å²) in [6.45, 7) is 1.49. The van der Waals surface area contributed by atoms with Crippen molar-refractivity contribution in [1.82, 2.24) is 5.32 Å². The van der Waals surface area contributed by atoms with Gasteiger partial charge in [-0.25, -0.2) is 4.79 Å². The maximum absolute atomic E-state index is 12.5. The van der Waals surface area contributed by atoms with E-state index in [-0.39, 0.29) is 16.8 Å². The second kappa shape index (κ2) is 7.59. The van der Waals surface area contributed by atoms with Crippen LogP contribution in [-0.2, 0) is 4.74 Å². The summed E-state index contributed by atoms with van der Waals surface area (Å²) in [5.74, 6) is -0.824. The number of nitrogens with one attached hydrogen (secondary N) is 1. The highest BCUT2D eigenvalue weighted by atomic mass is 32.1. The minimum atomic E-state index is -1.01. The standard InChI is InChI=1S/C18H19NO4S/c20-17(15-6-7-16(24-15)18(21)22)19-14(10-12-8-9-23-11-12)13-4-2-1-3-5-13/h1-7,12,14H,8-11H2,(H,19,20)(H,21,22)/t12-,14+/m1/s1. The van der Waals surface area contributed by atoms with E-state index in [9.17, 15) is 9.59 Å². The summed E-state index contributed by atoms with van der Waals surface area (Å²) in [5, 5.41) is 12.0. The zero-order valence-electron chi connectivity index (χ0n) is 13.1. The van der Waals surface area contributed by atoms with Gasteiger partial charge in [-0.3, -0.25) is 4.79 Å². The van der Waals surface area contributed by atoms with Crippen LogP contribution in [0.1, 0.15) is 43.8 Å². The molecule has 3 rings (SSSR count). The van der Waals surface area contributed by atoms with Gasteiger partial charge in [-0.2, -0.15) is 0 Å². The zero-order chi connectivity index (χ0) is 16.9. The van der Waals surface area contributed by atoms with E-state index < -0.39 is 5.97 Å². The first kappa shape index (κ1) is 16.7. The zero-order valence-corrected chi connectivity index (χ0v) is 13.9. The number of carboxylic acid groups (broad SMARTS) is 1. The number of carboxylic acids is 1. The highest BCUT2D eigenvalue weighted by Gasteiger charge is 2.24. The summed E-state index contributed by atoms with van der Waals surface area (Å²) >= 11 is 0.993. The molecule has 126 valence electrons. The van der Waals surface area contributed by atoms with E-state index >= 15 is 0 Å². The van der Waals surface area contributed by atoms with Crippen LogP contribution in [0.4, 0.5) is 0 Å². The van der Waals surface area contributed by atoms with Gasteiger partial charge in [0.2, 0.25) is 0 Å². The highest BCUT2D eigenvalue weighted by Crippen LogP contribution is 2.27. The highest BCUT2D eigenvalue weighted by molar-refractivity contribution is 7.15. The lowest BCUT2D eigenvalue weighted by molar-refractivity contribution is 0.0702. The molecule has 1 aliphatic heterocycles. The van der Waals surface area contributed by atoms with Crippen LogP contribution in [0.5, 0.6) is 0 Å². The number of benzene rings is 1. The monoisotopic (exact) mass is 345 g/mol. The number of ether oxygens (including phenoxy) is 1. The Morgan fingerprint density at radius 2 is 1.96 bits per heavy atom. The Labute approximate surface area is 144 Å². The lowest BCUT2D eigenvalue weighted by Crippen LogP contribution is -2.29. The summed E-state index contributed by atoms with van der Waals surface area (Å²) in [6.07, 6.45) is 1.81. The Morgan fingerprint density at radius 3 is 2.58 bits per heavy atom. The first-order chi connectivity index (χ1) is 11.6. The molecule has 24 heavy (non-hydrogen) atoms. The van der Waals surface area contributed by atoms with Crippen molar-refractivity contribution in [1.29, 1.82) is 0 Å². The van der Waals surface area contributed by atoms with Crippen molar-refractivity contribution < 1.29 is 19.4 Å². The third-order valence-corrected chi connectivity index (χ3v) is 5.21. The third kappa shape index (κ3) is 4.01. The van der Waals surface area contributed by atoms with Crippen LogP contribution in [0.2, 0.25) is 0 Å². The van der Waals surface area contributed by atoms with Crippen LogP contribution < -0.4 is 5.32 Å². The van der Waals surface area contributed by atoms with Crippen LogP contribution in [0.25, 0.3) is 0 Å². The SMILES string of the molecule is O=C(O)c1ccc(C(=O)N[C@@H](C[C@H]2CCOC2)c2ccccc2)s1. The average molecular weight is 345 g/mol. The van der Waals surface area contributed by atoms with Crippen molar-refractivity contribution >= 4 is 23.2 Å². The number of carbonyl (C=O) groups is 2. The molecule has 6 heteroatoms. The van der Waals surface area contributed by atoms with Gasteiger partial charge in [0.15, 0.2) is 0 Å². The molecular weight excluding hydrogens is 326 g/mol. The van der Waals surface area contributed by atoms with Crippen LogP contribution >= 0.6 is 11.3 Å². The second-order valence-electron chi connectivity index (χ2n) is 5.87. The fourth-order valence-electron chi connectivity index (χ4n) is 2.87. The van der Waals surface area contributed by atoms with Gasteiger partial charge in [-0.15, -0.1) is 11.3 Å². The average Bonchev–Trinajstić information content (AvgIpc) is 3.26. The molecule has 2 heterocycles. The van der Waals surface area contributed by atoms with Gasteiger partial charge in [-0.1, -0.05) is 30.3 Å². The van der Waals surface area contributed by atoms with E-state index in [4.69, 9.17) is 9.84 Å². The number of rotatable bonds is 6. The van der Waals surface area contributed by atoms with E-state index in [0.717, 1.165) is 43.0 Å². The number of hydrogen-bond acceptors (Lipinski definition) is 4. The molecule has 1 aromatic carbocycles. The van der Waals surface area contributed by atoms with Crippen LogP contribution in [-0.4, -0.2) is 30.2 Å². The molecule has 1 amide bonds. The maximum atomic E-state index is 12.5. The summed E-state index contributed by atoms with van der Waals surface area (Å²) in [5.41, 5.74) is 1.05. The largest absolute Gasteiger partial charge is 0.477 e. The third-order valence-electron chi connectivity index (χ3n) is 4.14. The minimum absolute atomic E-state index is 0.110. The molecule has 5 nitrogen and oxygen atoms in total. The van der Waals surface area contributed by atoms with Crippen LogP contribution in [0, 0.1) is 5.92 Å². The quantitative estimate of drug-likeness (QED) is 0.842. The van der Waals surface area contributed by atoms with Crippen molar-refractivity contribution in [3.8, 4) is 0 Å². The van der Waals surface area contributed by atoms with Crippen molar-refractivity contribution in [2.45, 2.75) is 18.9 Å². The van der Waals surface area contributed by atoms with E-state index in [1.165, 1.54) is 6.07 Å². The Balaban J connectivity index is 1.74. The molecule has 1 aromatic heterocycles. The van der Waals surface area contributed by atoms with Crippen molar-refractivity contribution in [2.24, 2.45) is 5.92 Å². The normalized spacial score (nSPS) is 18.2. The molecule has 0 aliphatic carbocycles. The molecule has 1 fully saturated rings. The molecule has 2 atom stereocenters. The van der Waals surface area contributed by atoms with Gasteiger partial charge < -0.3 is 15.2 Å². The number of hydrogen-bond donors (Lipinski definition) is 2. The summed E-state index contributed by atoms with van der Waals surface area (Å²) in [6, 6.07) is 12.8. The fraction of sp³-hybridized carbons (Fsp3) is 0.333. The van der Waals surface area contributed by atoms with Gasteiger partial charge >= 0.3 is 5.97 Å². The van der Waals surface area contributed by atoms with Gasteiger partial charge in [-0.05, 0) is 36.5 Å².